The quantitative estimate of drug-likeness (QED) is 0.540. The lowest BCUT2D eigenvalue weighted by atomic mass is 10.2. The molecule has 4 N–H and O–H groups in total. The number of aromatic nitrogens is 1. The predicted molar refractivity (Wildman–Crippen MR) is 108 cm³/mol. The van der Waals surface area contributed by atoms with Crippen molar-refractivity contribution in [2.45, 2.75) is 32.4 Å². The van der Waals surface area contributed by atoms with E-state index < -0.39 is 36.2 Å². The van der Waals surface area contributed by atoms with Crippen molar-refractivity contribution < 1.29 is 29.3 Å². The van der Waals surface area contributed by atoms with E-state index in [0.717, 1.165) is 11.3 Å². The van der Waals surface area contributed by atoms with E-state index >= 15 is 0 Å². The van der Waals surface area contributed by atoms with Gasteiger partial charge in [0.25, 0.3) is 5.91 Å². The summed E-state index contributed by atoms with van der Waals surface area (Å²) in [6, 6.07) is 3.34. The SMILES string of the molecule is CC(C)(C)OC(=O)Nc1ccc(-c2nc(C(=O)N[C@@H](CO)C(=O)O)cs2)c(Cl)c1. The number of nitrogens with one attached hydrogen (secondary N) is 2. The van der Waals surface area contributed by atoms with Crippen LogP contribution in [0.1, 0.15) is 31.3 Å². The number of hydrogen-bond donors (Lipinski definition) is 4. The zero-order valence-electron chi connectivity index (χ0n) is 15.9. The fourth-order valence-corrected chi connectivity index (χ4v) is 3.27. The number of aliphatic hydroxyl groups is 1. The number of anilines is 1. The summed E-state index contributed by atoms with van der Waals surface area (Å²) >= 11 is 7.42. The molecule has 0 bridgehead atoms. The molecule has 0 radical (unpaired) electrons. The summed E-state index contributed by atoms with van der Waals surface area (Å²) in [5, 5.41) is 24.8. The molecule has 0 aliphatic heterocycles. The average molecular weight is 442 g/mol. The van der Waals surface area contributed by atoms with E-state index in [1.807, 2.05) is 0 Å². The van der Waals surface area contributed by atoms with Crippen molar-refractivity contribution in [3.63, 3.8) is 0 Å². The minimum atomic E-state index is -1.42. The maximum Gasteiger partial charge on any atom is 0.412 e. The van der Waals surface area contributed by atoms with Crippen molar-refractivity contribution in [2.24, 2.45) is 0 Å². The van der Waals surface area contributed by atoms with E-state index in [1.165, 1.54) is 11.4 Å². The molecule has 0 aliphatic carbocycles. The van der Waals surface area contributed by atoms with Crippen LogP contribution in [0.15, 0.2) is 23.6 Å². The van der Waals surface area contributed by atoms with Crippen molar-refractivity contribution in [1.82, 2.24) is 10.3 Å². The summed E-state index contributed by atoms with van der Waals surface area (Å²) in [6.07, 6.45) is -0.619. The van der Waals surface area contributed by atoms with Gasteiger partial charge in [-0.3, -0.25) is 10.1 Å². The number of nitrogens with zero attached hydrogens (tertiary/aromatic N) is 1. The molecule has 1 aromatic heterocycles. The first-order chi connectivity index (χ1) is 13.5. The molecule has 1 heterocycles. The Morgan fingerprint density at radius 2 is 2.00 bits per heavy atom. The molecule has 9 nitrogen and oxygen atoms in total. The number of amides is 2. The van der Waals surface area contributed by atoms with Crippen LogP contribution in [0.4, 0.5) is 10.5 Å². The van der Waals surface area contributed by atoms with E-state index in [4.69, 9.17) is 26.6 Å². The minimum Gasteiger partial charge on any atom is -0.480 e. The van der Waals surface area contributed by atoms with Crippen LogP contribution in [0.5, 0.6) is 0 Å². The number of halogens is 1. The third-order valence-corrected chi connectivity index (χ3v) is 4.56. The largest absolute Gasteiger partial charge is 0.480 e. The van der Waals surface area contributed by atoms with Gasteiger partial charge in [-0.25, -0.2) is 14.6 Å². The van der Waals surface area contributed by atoms with Gasteiger partial charge in [-0.15, -0.1) is 11.3 Å². The summed E-state index contributed by atoms with van der Waals surface area (Å²) in [4.78, 5) is 39.0. The minimum absolute atomic E-state index is 0.00303. The molecule has 0 spiro atoms. The zero-order chi connectivity index (χ0) is 21.8. The van der Waals surface area contributed by atoms with Gasteiger partial charge in [0.2, 0.25) is 0 Å². The Bertz CT molecular complexity index is 925. The molecule has 2 amide bonds. The van der Waals surface area contributed by atoms with Gasteiger partial charge >= 0.3 is 12.1 Å². The number of carbonyl (C=O) groups is 3. The van der Waals surface area contributed by atoms with E-state index in [0.29, 0.717) is 21.3 Å². The number of aliphatic hydroxyl groups excluding tert-OH is 1. The lowest BCUT2D eigenvalue weighted by Gasteiger charge is -2.19. The summed E-state index contributed by atoms with van der Waals surface area (Å²) < 4.78 is 5.18. The maximum atomic E-state index is 12.1. The Labute approximate surface area is 175 Å². The number of aliphatic carboxylic acids is 1. The Kier molecular flexibility index (Phi) is 7.17. The number of hydrogen-bond acceptors (Lipinski definition) is 7. The predicted octanol–water partition coefficient (Wildman–Crippen LogP) is 2.99. The summed E-state index contributed by atoms with van der Waals surface area (Å²) in [5.41, 5.74) is 0.315. The van der Waals surface area contributed by atoms with E-state index in [1.54, 1.807) is 32.9 Å². The molecule has 1 aromatic carbocycles. The Morgan fingerprint density at radius 3 is 2.55 bits per heavy atom. The number of carboxylic acid groups (broad SMARTS) is 1. The highest BCUT2D eigenvalue weighted by Crippen LogP contribution is 2.32. The molecule has 0 saturated carbocycles. The third-order valence-electron chi connectivity index (χ3n) is 3.37. The van der Waals surface area contributed by atoms with Crippen LogP contribution in [-0.2, 0) is 9.53 Å². The summed E-state index contributed by atoms with van der Waals surface area (Å²) in [7, 11) is 0. The highest BCUT2D eigenvalue weighted by atomic mass is 35.5. The fraction of sp³-hybridized carbons (Fsp3) is 0.333. The lowest BCUT2D eigenvalue weighted by molar-refractivity contribution is -0.140. The van der Waals surface area contributed by atoms with Gasteiger partial charge in [0.1, 0.15) is 16.3 Å². The van der Waals surface area contributed by atoms with E-state index in [9.17, 15) is 14.4 Å². The summed E-state index contributed by atoms with van der Waals surface area (Å²) in [5.74, 6) is -2.08. The fourth-order valence-electron chi connectivity index (χ4n) is 2.11. The van der Waals surface area contributed by atoms with Gasteiger partial charge in [0.05, 0.1) is 11.6 Å². The topological polar surface area (TPSA) is 138 Å². The zero-order valence-corrected chi connectivity index (χ0v) is 17.4. The molecule has 0 saturated heterocycles. The van der Waals surface area contributed by atoms with Crippen molar-refractivity contribution in [3.05, 3.63) is 34.3 Å². The number of thiazole rings is 1. The molecule has 156 valence electrons. The molecule has 2 rings (SSSR count). The molecular formula is C18H20ClN3O6S. The molecule has 2 aromatic rings. The normalized spacial score (nSPS) is 12.2. The Morgan fingerprint density at radius 1 is 1.31 bits per heavy atom. The first-order valence-electron chi connectivity index (χ1n) is 8.40. The van der Waals surface area contributed by atoms with Crippen LogP contribution < -0.4 is 10.6 Å². The average Bonchev–Trinajstić information content (AvgIpc) is 3.07. The van der Waals surface area contributed by atoms with Crippen molar-refractivity contribution in [1.29, 1.82) is 0 Å². The highest BCUT2D eigenvalue weighted by molar-refractivity contribution is 7.13. The lowest BCUT2D eigenvalue weighted by Crippen LogP contribution is -2.43. The van der Waals surface area contributed by atoms with Crippen molar-refractivity contribution in [2.75, 3.05) is 11.9 Å². The van der Waals surface area contributed by atoms with Gasteiger partial charge < -0.3 is 20.3 Å². The Hall–Kier alpha value is -2.69. The van der Waals surface area contributed by atoms with Gasteiger partial charge in [0, 0.05) is 16.6 Å². The molecule has 11 heteroatoms. The first kappa shape index (κ1) is 22.6. The van der Waals surface area contributed by atoms with Crippen LogP contribution in [0.3, 0.4) is 0 Å². The molecule has 1 atom stereocenters. The van der Waals surface area contributed by atoms with Crippen molar-refractivity contribution in [3.8, 4) is 10.6 Å². The van der Waals surface area contributed by atoms with Crippen molar-refractivity contribution >= 4 is 46.6 Å². The van der Waals surface area contributed by atoms with Gasteiger partial charge in [0.15, 0.2) is 6.04 Å². The first-order valence-corrected chi connectivity index (χ1v) is 9.66. The molecule has 0 unspecified atom stereocenters. The summed E-state index contributed by atoms with van der Waals surface area (Å²) in [6.45, 7) is 4.50. The highest BCUT2D eigenvalue weighted by Gasteiger charge is 2.22. The Balaban J connectivity index is 2.13. The van der Waals surface area contributed by atoms with Crippen LogP contribution in [0, 0.1) is 0 Å². The molecule has 0 fully saturated rings. The number of rotatable bonds is 6. The van der Waals surface area contributed by atoms with E-state index in [2.05, 4.69) is 15.6 Å². The molecule has 29 heavy (non-hydrogen) atoms. The second-order valence-corrected chi connectivity index (χ2v) is 8.17. The van der Waals surface area contributed by atoms with E-state index in [-0.39, 0.29) is 5.69 Å². The molecular weight excluding hydrogens is 422 g/mol. The second kappa shape index (κ2) is 9.21. The second-order valence-electron chi connectivity index (χ2n) is 6.91. The van der Waals surface area contributed by atoms with Crippen LogP contribution in [0.25, 0.3) is 10.6 Å². The van der Waals surface area contributed by atoms with Gasteiger partial charge in [-0.05, 0) is 39.0 Å². The number of carboxylic acids is 1. The third kappa shape index (κ3) is 6.41. The number of carbonyl (C=O) groups excluding carboxylic acids is 2. The van der Waals surface area contributed by atoms with Crippen LogP contribution in [-0.4, -0.2) is 51.4 Å². The smallest absolute Gasteiger partial charge is 0.412 e. The molecule has 0 aliphatic rings. The maximum absolute atomic E-state index is 12.1. The number of benzene rings is 1. The standard InChI is InChI=1S/C18H20ClN3O6S/c1-18(2,3)28-17(27)20-9-4-5-10(11(19)6-9)15-22-13(8-29-15)14(24)21-12(7-23)16(25)26/h4-6,8,12,23H,7H2,1-3H3,(H,20,27)(H,21,24)(H,25,26)/t12-/m0/s1. The van der Waals surface area contributed by atoms with Gasteiger partial charge in [-0.2, -0.15) is 0 Å². The van der Waals surface area contributed by atoms with Crippen LogP contribution in [0.2, 0.25) is 5.02 Å². The van der Waals surface area contributed by atoms with Gasteiger partial charge in [-0.1, -0.05) is 11.6 Å². The van der Waals surface area contributed by atoms with Crippen LogP contribution >= 0.6 is 22.9 Å². The monoisotopic (exact) mass is 441 g/mol. The number of ether oxygens (including phenoxy) is 1.